The lowest BCUT2D eigenvalue weighted by atomic mass is 9.58. The molecule has 0 aromatic heterocycles. The molecule has 1 aliphatic heterocycles. The molecular weight excluding hydrogens is 449 g/mol. The van der Waals surface area contributed by atoms with Gasteiger partial charge in [-0.05, 0) is 52.8 Å². The maximum absolute atomic E-state index is 10.1. The van der Waals surface area contributed by atoms with Gasteiger partial charge < -0.3 is 5.73 Å². The average molecular weight is 469 g/mol. The molecule has 2 N–H and O–H groups in total. The van der Waals surface area contributed by atoms with Gasteiger partial charge in [0.1, 0.15) is 6.07 Å². The first-order valence-electron chi connectivity index (χ1n) is 8.94. The standard InChI is InChI=1S/C21H20IN5/c1-2-8-27-9-7-14-16(10-23)20(26)21(12-24,13-25)19(17(14)11-27)15-5-3-4-6-18(15)22/h3-7,17,19H,2,8-9,11,26H2,1H3/t17-,19+/m1/s1. The highest BCUT2D eigenvalue weighted by molar-refractivity contribution is 14.1. The van der Waals surface area contributed by atoms with Gasteiger partial charge in [-0.3, -0.25) is 4.90 Å². The van der Waals surface area contributed by atoms with Gasteiger partial charge in [0.25, 0.3) is 0 Å². The monoisotopic (exact) mass is 469 g/mol. The molecule has 0 unspecified atom stereocenters. The van der Waals surface area contributed by atoms with E-state index < -0.39 is 11.3 Å². The Morgan fingerprint density at radius 2 is 1.96 bits per heavy atom. The van der Waals surface area contributed by atoms with Crippen molar-refractivity contribution >= 4 is 22.6 Å². The first-order valence-corrected chi connectivity index (χ1v) is 10.0. The summed E-state index contributed by atoms with van der Waals surface area (Å²) in [5.74, 6) is -0.536. The van der Waals surface area contributed by atoms with Crippen molar-refractivity contribution in [2.45, 2.75) is 19.3 Å². The van der Waals surface area contributed by atoms with E-state index in [2.05, 4.69) is 58.7 Å². The Labute approximate surface area is 173 Å². The summed E-state index contributed by atoms with van der Waals surface area (Å²) >= 11 is 2.25. The summed E-state index contributed by atoms with van der Waals surface area (Å²) in [6.45, 7) is 4.53. The molecule has 1 aromatic carbocycles. The van der Waals surface area contributed by atoms with Crippen molar-refractivity contribution in [3.8, 4) is 18.2 Å². The number of nitriles is 3. The lowest BCUT2D eigenvalue weighted by Gasteiger charge is -2.45. The van der Waals surface area contributed by atoms with Crippen molar-refractivity contribution in [3.63, 3.8) is 0 Å². The second kappa shape index (κ2) is 7.72. The molecule has 1 aliphatic carbocycles. The maximum atomic E-state index is 10.1. The van der Waals surface area contributed by atoms with Gasteiger partial charge in [0, 0.05) is 28.5 Å². The molecule has 0 radical (unpaired) electrons. The van der Waals surface area contributed by atoms with Crippen LogP contribution in [0, 0.1) is 48.9 Å². The molecule has 0 fully saturated rings. The minimum absolute atomic E-state index is 0.0890. The molecule has 1 aromatic rings. The van der Waals surface area contributed by atoms with Crippen molar-refractivity contribution in [2.24, 2.45) is 17.1 Å². The fourth-order valence-electron chi connectivity index (χ4n) is 4.31. The number of nitrogens with two attached hydrogens (primary N) is 1. The van der Waals surface area contributed by atoms with Gasteiger partial charge in [-0.2, -0.15) is 15.8 Å². The van der Waals surface area contributed by atoms with E-state index in [0.717, 1.165) is 34.2 Å². The summed E-state index contributed by atoms with van der Waals surface area (Å²) in [5.41, 5.74) is 6.99. The smallest absolute Gasteiger partial charge is 0.191 e. The molecule has 0 bridgehead atoms. The predicted molar refractivity (Wildman–Crippen MR) is 111 cm³/mol. The van der Waals surface area contributed by atoms with E-state index >= 15 is 0 Å². The van der Waals surface area contributed by atoms with Crippen LogP contribution in [0.5, 0.6) is 0 Å². The van der Waals surface area contributed by atoms with E-state index in [1.807, 2.05) is 24.3 Å². The van der Waals surface area contributed by atoms with E-state index in [4.69, 9.17) is 5.73 Å². The zero-order valence-electron chi connectivity index (χ0n) is 15.1. The van der Waals surface area contributed by atoms with E-state index in [1.54, 1.807) is 0 Å². The molecule has 0 amide bonds. The highest BCUT2D eigenvalue weighted by atomic mass is 127. The summed E-state index contributed by atoms with van der Waals surface area (Å²) in [6.07, 6.45) is 3.07. The molecule has 0 saturated carbocycles. The molecule has 27 heavy (non-hydrogen) atoms. The van der Waals surface area contributed by atoms with Crippen molar-refractivity contribution in [2.75, 3.05) is 19.6 Å². The first kappa shape index (κ1) is 19.4. The Morgan fingerprint density at radius 3 is 2.56 bits per heavy atom. The number of hydrogen-bond acceptors (Lipinski definition) is 5. The third-order valence-corrected chi connectivity index (χ3v) is 6.50. The van der Waals surface area contributed by atoms with E-state index in [1.165, 1.54) is 0 Å². The third-order valence-electron chi connectivity index (χ3n) is 5.52. The highest BCUT2D eigenvalue weighted by Crippen LogP contribution is 2.54. The molecular formula is C21H20IN5. The van der Waals surface area contributed by atoms with Crippen LogP contribution in [0.2, 0.25) is 0 Å². The second-order valence-corrected chi connectivity index (χ2v) is 8.12. The molecule has 0 saturated heterocycles. The van der Waals surface area contributed by atoms with Crippen LogP contribution in [-0.2, 0) is 0 Å². The summed E-state index contributed by atoms with van der Waals surface area (Å²) in [6, 6.07) is 14.4. The Hall–Kier alpha value is -2.34. The molecule has 6 heteroatoms. The van der Waals surface area contributed by atoms with Crippen LogP contribution in [0.25, 0.3) is 0 Å². The molecule has 0 spiro atoms. The van der Waals surface area contributed by atoms with Crippen LogP contribution in [0.3, 0.4) is 0 Å². The van der Waals surface area contributed by atoms with E-state index in [-0.39, 0.29) is 11.6 Å². The fraction of sp³-hybridized carbons (Fsp3) is 0.381. The Morgan fingerprint density at radius 1 is 1.26 bits per heavy atom. The van der Waals surface area contributed by atoms with Crippen molar-refractivity contribution < 1.29 is 0 Å². The predicted octanol–water partition coefficient (Wildman–Crippen LogP) is 3.43. The summed E-state index contributed by atoms with van der Waals surface area (Å²) in [7, 11) is 0. The zero-order valence-corrected chi connectivity index (χ0v) is 17.3. The third kappa shape index (κ3) is 3.02. The summed E-state index contributed by atoms with van der Waals surface area (Å²) in [4.78, 5) is 2.31. The van der Waals surface area contributed by atoms with Gasteiger partial charge in [0.2, 0.25) is 0 Å². The SMILES string of the molecule is CCCN1CC=C2C(C#N)=C(N)C(C#N)(C#N)[C@@H](c3ccccc3I)[C@@H]2C1. The Bertz CT molecular complexity index is 927. The highest BCUT2D eigenvalue weighted by Gasteiger charge is 2.54. The van der Waals surface area contributed by atoms with Crippen LogP contribution in [0.15, 0.2) is 47.2 Å². The van der Waals surface area contributed by atoms with Crippen molar-refractivity contribution in [1.29, 1.82) is 15.8 Å². The van der Waals surface area contributed by atoms with Gasteiger partial charge in [-0.25, -0.2) is 0 Å². The van der Waals surface area contributed by atoms with Crippen LogP contribution in [0.4, 0.5) is 0 Å². The number of nitrogens with zero attached hydrogens (tertiary/aromatic N) is 4. The number of benzene rings is 1. The molecule has 2 aliphatic rings. The van der Waals surface area contributed by atoms with Crippen LogP contribution < -0.4 is 5.73 Å². The molecule has 136 valence electrons. The van der Waals surface area contributed by atoms with Gasteiger partial charge in [-0.15, -0.1) is 0 Å². The summed E-state index contributed by atoms with van der Waals surface area (Å²) in [5, 5.41) is 29.9. The average Bonchev–Trinajstić information content (AvgIpc) is 2.68. The van der Waals surface area contributed by atoms with Crippen LogP contribution in [0.1, 0.15) is 24.8 Å². The minimum atomic E-state index is -1.55. The van der Waals surface area contributed by atoms with Gasteiger partial charge in [0.15, 0.2) is 5.41 Å². The van der Waals surface area contributed by atoms with Gasteiger partial charge >= 0.3 is 0 Å². The number of fused-ring (bicyclic) bond motifs is 1. The quantitative estimate of drug-likeness (QED) is 0.684. The van der Waals surface area contributed by atoms with Crippen molar-refractivity contribution in [3.05, 3.63) is 56.3 Å². The largest absolute Gasteiger partial charge is 0.399 e. The summed E-state index contributed by atoms with van der Waals surface area (Å²) < 4.78 is 0.996. The number of rotatable bonds is 3. The molecule has 3 rings (SSSR count). The van der Waals surface area contributed by atoms with Crippen molar-refractivity contribution in [1.82, 2.24) is 4.90 Å². The van der Waals surface area contributed by atoms with E-state index in [9.17, 15) is 15.8 Å². The first-order chi connectivity index (χ1) is 13.0. The second-order valence-electron chi connectivity index (χ2n) is 6.96. The maximum Gasteiger partial charge on any atom is 0.191 e. The Kier molecular flexibility index (Phi) is 5.56. The van der Waals surface area contributed by atoms with Crippen LogP contribution >= 0.6 is 22.6 Å². The number of halogens is 1. The number of allylic oxidation sites excluding steroid dienone is 2. The molecule has 2 atom stereocenters. The lowest BCUT2D eigenvalue weighted by Crippen LogP contribution is -2.48. The fourth-order valence-corrected chi connectivity index (χ4v) is 5.03. The number of hydrogen-bond donors (Lipinski definition) is 1. The zero-order chi connectivity index (χ0) is 19.6. The Balaban J connectivity index is 2.30. The minimum Gasteiger partial charge on any atom is -0.399 e. The van der Waals surface area contributed by atoms with Gasteiger partial charge in [0.05, 0.1) is 23.4 Å². The normalized spacial score (nSPS) is 24.2. The van der Waals surface area contributed by atoms with Gasteiger partial charge in [-0.1, -0.05) is 31.2 Å². The van der Waals surface area contributed by atoms with E-state index in [0.29, 0.717) is 12.1 Å². The molecule has 5 nitrogen and oxygen atoms in total. The topological polar surface area (TPSA) is 101 Å². The molecule has 1 heterocycles. The van der Waals surface area contributed by atoms with Crippen LogP contribution in [-0.4, -0.2) is 24.5 Å². The lowest BCUT2D eigenvalue weighted by molar-refractivity contribution is 0.207.